The summed E-state index contributed by atoms with van der Waals surface area (Å²) < 4.78 is 8.41. The van der Waals surface area contributed by atoms with Gasteiger partial charge in [0.2, 0.25) is 5.69 Å². The predicted molar refractivity (Wildman–Crippen MR) is 151 cm³/mol. The van der Waals surface area contributed by atoms with Crippen LogP contribution in [0.3, 0.4) is 0 Å². The molecule has 1 amide bonds. The molecule has 0 spiro atoms. The third-order valence-electron chi connectivity index (χ3n) is 6.73. The van der Waals surface area contributed by atoms with E-state index in [0.29, 0.717) is 12.1 Å². The fourth-order valence-corrected chi connectivity index (χ4v) is 4.56. The highest BCUT2D eigenvalue weighted by molar-refractivity contribution is 5.94. The Hall–Kier alpha value is -1.63. The first kappa shape index (κ1) is 33.4. The van der Waals surface area contributed by atoms with Crippen molar-refractivity contribution in [3.8, 4) is 5.75 Å². The van der Waals surface area contributed by atoms with Crippen molar-refractivity contribution in [2.24, 2.45) is 0 Å². The van der Waals surface area contributed by atoms with Gasteiger partial charge in [0.15, 0.2) is 6.20 Å². The molecule has 0 aliphatic carbocycles. The van der Waals surface area contributed by atoms with Gasteiger partial charge in [-0.05, 0) is 30.0 Å². The van der Waals surface area contributed by atoms with Gasteiger partial charge in [0.1, 0.15) is 18.8 Å². The molecule has 0 saturated carbocycles. The number of unbranched alkanes of at least 4 members (excludes halogenated alkanes) is 9. The van der Waals surface area contributed by atoms with Crippen molar-refractivity contribution in [3.63, 3.8) is 0 Å². The second-order valence-electron chi connectivity index (χ2n) is 11.1. The van der Waals surface area contributed by atoms with E-state index in [-0.39, 0.29) is 35.3 Å². The molecule has 0 saturated heterocycles. The Bertz CT molecular complexity index is 908. The maximum absolute atomic E-state index is 13.0. The minimum Gasteiger partial charge on any atom is -1.00 e. The van der Waals surface area contributed by atoms with Crippen LogP contribution >= 0.6 is 0 Å². The Morgan fingerprint density at radius 1 is 0.865 bits per heavy atom. The maximum Gasteiger partial charge on any atom is 0.251 e. The first-order chi connectivity index (χ1) is 17.4. The molecule has 0 atom stereocenters. The molecule has 0 bridgehead atoms. The van der Waals surface area contributed by atoms with Crippen molar-refractivity contribution in [1.29, 1.82) is 0 Å². The number of nitrogens with zero attached hydrogens (tertiary/aromatic N) is 1. The minimum absolute atomic E-state index is 0. The number of rotatable bonds is 17. The molecule has 1 N–H and O–H groups in total. The van der Waals surface area contributed by atoms with E-state index in [1.165, 1.54) is 57.8 Å². The summed E-state index contributed by atoms with van der Waals surface area (Å²) in [5.41, 5.74) is 2.78. The Labute approximate surface area is 244 Å². The quantitative estimate of drug-likeness (QED) is 0.155. The lowest BCUT2D eigenvalue weighted by Gasteiger charge is -2.23. The standard InChI is InChI=1S/C32H50N2O2.HI/c1-6-8-9-10-11-12-13-14-15-18-24-36-30-21-20-27(25-29(30)32(3,4)5)31(35)33-26-28-19-16-17-23-34(28)22-7-2;/h16-17,19-21,23,25H,6-15,18,22,24,26H2,1-5H3;1H. The highest BCUT2D eigenvalue weighted by Crippen LogP contribution is 2.32. The molecule has 0 aliphatic rings. The molecular weight excluding hydrogens is 571 g/mol. The molecule has 37 heavy (non-hydrogen) atoms. The van der Waals surface area contributed by atoms with Crippen LogP contribution in [0.4, 0.5) is 0 Å². The molecule has 0 radical (unpaired) electrons. The average Bonchev–Trinajstić information content (AvgIpc) is 2.86. The molecule has 1 aromatic carbocycles. The van der Waals surface area contributed by atoms with Gasteiger partial charge in [-0.15, -0.1) is 0 Å². The molecule has 208 valence electrons. The van der Waals surface area contributed by atoms with Crippen LogP contribution in [0.2, 0.25) is 0 Å². The summed E-state index contributed by atoms with van der Waals surface area (Å²) in [5.74, 6) is 0.854. The van der Waals surface area contributed by atoms with Crippen LogP contribution in [-0.4, -0.2) is 12.5 Å². The van der Waals surface area contributed by atoms with Crippen LogP contribution in [-0.2, 0) is 18.5 Å². The molecule has 0 unspecified atom stereocenters. The van der Waals surface area contributed by atoms with Crippen molar-refractivity contribution in [2.45, 2.75) is 124 Å². The Morgan fingerprint density at radius 2 is 1.51 bits per heavy atom. The number of ether oxygens (including phenoxy) is 1. The average molecular weight is 623 g/mol. The normalized spacial score (nSPS) is 11.2. The number of pyridine rings is 1. The zero-order valence-corrected chi connectivity index (χ0v) is 26.2. The number of amides is 1. The van der Waals surface area contributed by atoms with E-state index in [2.05, 4.69) is 56.8 Å². The molecule has 2 aromatic rings. The second kappa shape index (κ2) is 18.6. The molecule has 5 heteroatoms. The number of halogens is 1. The third-order valence-corrected chi connectivity index (χ3v) is 6.73. The largest absolute Gasteiger partial charge is 1.00 e. The van der Waals surface area contributed by atoms with E-state index in [1.807, 2.05) is 30.3 Å². The SMILES string of the molecule is CCCCCCCCCCCCOc1ccc(C(=O)NCc2cccc[n+]2CCC)cc1C(C)(C)C.[I-]. The molecule has 2 rings (SSSR count). The van der Waals surface area contributed by atoms with Crippen LogP contribution < -0.4 is 38.6 Å². The van der Waals surface area contributed by atoms with Gasteiger partial charge < -0.3 is 34.0 Å². The van der Waals surface area contributed by atoms with E-state index in [0.717, 1.165) is 43.0 Å². The van der Waals surface area contributed by atoms with Gasteiger partial charge in [0.25, 0.3) is 5.91 Å². The first-order valence-electron chi connectivity index (χ1n) is 14.4. The summed E-state index contributed by atoms with van der Waals surface area (Å²) in [4.78, 5) is 13.0. The van der Waals surface area contributed by atoms with Crippen LogP contribution in [0.25, 0.3) is 0 Å². The number of hydrogen-bond donors (Lipinski definition) is 1. The number of nitrogens with one attached hydrogen (secondary N) is 1. The number of aryl methyl sites for hydroxylation is 1. The summed E-state index contributed by atoms with van der Waals surface area (Å²) in [6.07, 6.45) is 16.3. The van der Waals surface area contributed by atoms with E-state index in [4.69, 9.17) is 4.74 Å². The zero-order valence-electron chi connectivity index (χ0n) is 24.1. The number of hydrogen-bond acceptors (Lipinski definition) is 2. The number of carbonyl (C=O) groups is 1. The lowest BCUT2D eigenvalue weighted by molar-refractivity contribution is -0.704. The molecule has 4 nitrogen and oxygen atoms in total. The summed E-state index contributed by atoms with van der Waals surface area (Å²) in [6.45, 7) is 13.2. The molecule has 1 heterocycles. The van der Waals surface area contributed by atoms with Crippen LogP contribution in [0.5, 0.6) is 5.75 Å². The first-order valence-corrected chi connectivity index (χ1v) is 14.4. The Balaban J connectivity index is 0.00000684. The van der Waals surface area contributed by atoms with Gasteiger partial charge >= 0.3 is 0 Å². The van der Waals surface area contributed by atoms with Crippen molar-refractivity contribution in [2.75, 3.05) is 6.61 Å². The lowest BCUT2D eigenvalue weighted by Crippen LogP contribution is -3.00. The molecule has 0 aliphatic heterocycles. The minimum atomic E-state index is -0.104. The van der Waals surface area contributed by atoms with Crippen molar-refractivity contribution in [3.05, 3.63) is 59.4 Å². The number of benzene rings is 1. The van der Waals surface area contributed by atoms with Gasteiger partial charge in [0, 0.05) is 29.7 Å². The third kappa shape index (κ3) is 12.6. The highest BCUT2D eigenvalue weighted by Gasteiger charge is 2.21. The van der Waals surface area contributed by atoms with Crippen molar-refractivity contribution < 1.29 is 38.1 Å². The topological polar surface area (TPSA) is 42.2 Å². The second-order valence-corrected chi connectivity index (χ2v) is 11.1. The van der Waals surface area contributed by atoms with E-state index >= 15 is 0 Å². The monoisotopic (exact) mass is 622 g/mol. The van der Waals surface area contributed by atoms with E-state index in [1.54, 1.807) is 0 Å². The lowest BCUT2D eigenvalue weighted by atomic mass is 9.85. The highest BCUT2D eigenvalue weighted by atomic mass is 127. The Kier molecular flexibility index (Phi) is 16.8. The van der Waals surface area contributed by atoms with E-state index in [9.17, 15) is 4.79 Å². The number of aromatic nitrogens is 1. The van der Waals surface area contributed by atoms with Gasteiger partial charge in [0.05, 0.1) is 6.61 Å². The van der Waals surface area contributed by atoms with Crippen LogP contribution in [0, 0.1) is 0 Å². The summed E-state index contributed by atoms with van der Waals surface area (Å²) in [5, 5.41) is 3.10. The van der Waals surface area contributed by atoms with Crippen molar-refractivity contribution >= 4 is 5.91 Å². The fourth-order valence-electron chi connectivity index (χ4n) is 4.56. The molecule has 0 fully saturated rings. The Morgan fingerprint density at radius 3 is 2.14 bits per heavy atom. The molecular formula is C32H51IN2O2. The van der Waals surface area contributed by atoms with E-state index < -0.39 is 0 Å². The van der Waals surface area contributed by atoms with Crippen LogP contribution in [0.15, 0.2) is 42.6 Å². The van der Waals surface area contributed by atoms with Gasteiger partial charge in [-0.1, -0.05) is 98.5 Å². The summed E-state index contributed by atoms with van der Waals surface area (Å²) >= 11 is 0. The van der Waals surface area contributed by atoms with Gasteiger partial charge in [-0.25, -0.2) is 4.57 Å². The van der Waals surface area contributed by atoms with Crippen molar-refractivity contribution in [1.82, 2.24) is 5.32 Å². The smallest absolute Gasteiger partial charge is 0.251 e. The van der Waals surface area contributed by atoms with Crippen LogP contribution in [0.1, 0.15) is 127 Å². The van der Waals surface area contributed by atoms with Gasteiger partial charge in [-0.2, -0.15) is 0 Å². The van der Waals surface area contributed by atoms with Gasteiger partial charge in [-0.3, -0.25) is 4.79 Å². The predicted octanol–water partition coefficient (Wildman–Crippen LogP) is 4.92. The summed E-state index contributed by atoms with van der Waals surface area (Å²) in [7, 11) is 0. The molecule has 1 aromatic heterocycles. The zero-order chi connectivity index (χ0) is 26.2. The fraction of sp³-hybridized carbons (Fsp3) is 0.625. The maximum atomic E-state index is 13.0. The number of carbonyl (C=O) groups excluding carboxylic acids is 1. The summed E-state index contributed by atoms with van der Waals surface area (Å²) in [6, 6.07) is 12.0.